The van der Waals surface area contributed by atoms with Gasteiger partial charge < -0.3 is 15.2 Å². The van der Waals surface area contributed by atoms with Gasteiger partial charge in [-0.05, 0) is 19.1 Å². The van der Waals surface area contributed by atoms with Crippen LogP contribution < -0.4 is 5.32 Å². The van der Waals surface area contributed by atoms with Crippen molar-refractivity contribution in [3.8, 4) is 0 Å². The highest BCUT2D eigenvalue weighted by atomic mass is 35.5. The molecule has 0 radical (unpaired) electrons. The van der Waals surface area contributed by atoms with E-state index >= 15 is 0 Å². The molecule has 0 fully saturated rings. The van der Waals surface area contributed by atoms with Gasteiger partial charge in [0.15, 0.2) is 0 Å². The van der Waals surface area contributed by atoms with Gasteiger partial charge in [-0.1, -0.05) is 17.7 Å². The maximum absolute atomic E-state index is 11.7. The van der Waals surface area contributed by atoms with Crippen molar-refractivity contribution in [3.05, 3.63) is 29.0 Å². The molecule has 0 bridgehead atoms. The van der Waals surface area contributed by atoms with Gasteiger partial charge in [0, 0.05) is 26.7 Å². The van der Waals surface area contributed by atoms with Gasteiger partial charge in [0.1, 0.15) is 10.8 Å². The number of ether oxygens (including phenoxy) is 1. The van der Waals surface area contributed by atoms with Crippen LogP contribution in [0.4, 0.5) is 0 Å². The van der Waals surface area contributed by atoms with E-state index < -0.39 is 5.60 Å². The van der Waals surface area contributed by atoms with Gasteiger partial charge in [-0.25, -0.2) is 4.98 Å². The molecule has 0 saturated heterocycles. The summed E-state index contributed by atoms with van der Waals surface area (Å²) in [6.45, 7) is 2.19. The molecule has 1 amide bonds. The molecule has 0 aromatic carbocycles. The lowest BCUT2D eigenvalue weighted by Gasteiger charge is -2.23. The molecule has 0 aliphatic rings. The van der Waals surface area contributed by atoms with Crippen LogP contribution in [0.15, 0.2) is 18.2 Å². The second-order valence-corrected chi connectivity index (χ2v) is 4.66. The van der Waals surface area contributed by atoms with Crippen molar-refractivity contribution in [1.82, 2.24) is 10.3 Å². The van der Waals surface area contributed by atoms with Gasteiger partial charge in [-0.3, -0.25) is 4.79 Å². The molecule has 0 aliphatic carbocycles. The molecule has 5 nitrogen and oxygen atoms in total. The fourth-order valence-corrected chi connectivity index (χ4v) is 1.47. The van der Waals surface area contributed by atoms with Crippen LogP contribution >= 0.6 is 11.6 Å². The molecular weight excluding hydrogens is 256 g/mol. The summed E-state index contributed by atoms with van der Waals surface area (Å²) in [5, 5.41) is 12.8. The lowest BCUT2D eigenvalue weighted by Crippen LogP contribution is -2.41. The number of amides is 1. The maximum Gasteiger partial charge on any atom is 0.270 e. The Bertz CT molecular complexity index is 410. The molecule has 1 atom stereocenters. The van der Waals surface area contributed by atoms with E-state index in [9.17, 15) is 9.90 Å². The van der Waals surface area contributed by atoms with E-state index in [0.29, 0.717) is 13.0 Å². The van der Waals surface area contributed by atoms with E-state index in [1.807, 2.05) is 0 Å². The van der Waals surface area contributed by atoms with Crippen LogP contribution in [0, 0.1) is 0 Å². The lowest BCUT2D eigenvalue weighted by atomic mass is 10.0. The second kappa shape index (κ2) is 6.68. The number of hydrogen-bond acceptors (Lipinski definition) is 4. The van der Waals surface area contributed by atoms with Crippen LogP contribution in [-0.2, 0) is 4.74 Å². The van der Waals surface area contributed by atoms with Gasteiger partial charge in [0.2, 0.25) is 0 Å². The predicted octanol–water partition coefficient (Wildman–Crippen LogP) is 1.25. The van der Waals surface area contributed by atoms with Crippen LogP contribution in [-0.4, -0.2) is 41.9 Å². The number of pyridine rings is 1. The topological polar surface area (TPSA) is 71.5 Å². The first kappa shape index (κ1) is 14.9. The fraction of sp³-hybridized carbons (Fsp3) is 0.500. The number of hydrogen-bond donors (Lipinski definition) is 2. The largest absolute Gasteiger partial charge is 0.388 e. The fourth-order valence-electron chi connectivity index (χ4n) is 1.31. The molecule has 1 rings (SSSR count). The van der Waals surface area contributed by atoms with Gasteiger partial charge in [-0.2, -0.15) is 0 Å². The zero-order valence-electron chi connectivity index (χ0n) is 10.4. The number of carbonyl (C=O) groups is 1. The highest BCUT2D eigenvalue weighted by Gasteiger charge is 2.21. The maximum atomic E-state index is 11.7. The van der Waals surface area contributed by atoms with E-state index in [0.717, 1.165) is 0 Å². The molecule has 1 unspecified atom stereocenters. The van der Waals surface area contributed by atoms with Gasteiger partial charge >= 0.3 is 0 Å². The Balaban J connectivity index is 2.50. The Morgan fingerprint density at radius 2 is 2.33 bits per heavy atom. The molecule has 0 aliphatic heterocycles. The highest BCUT2D eigenvalue weighted by molar-refractivity contribution is 6.29. The first-order valence-electron chi connectivity index (χ1n) is 5.57. The van der Waals surface area contributed by atoms with Crippen molar-refractivity contribution < 1.29 is 14.6 Å². The first-order valence-corrected chi connectivity index (χ1v) is 5.94. The van der Waals surface area contributed by atoms with E-state index in [1.54, 1.807) is 32.2 Å². The minimum absolute atomic E-state index is 0.128. The molecule has 100 valence electrons. The number of aromatic nitrogens is 1. The third-order valence-corrected chi connectivity index (χ3v) is 2.63. The van der Waals surface area contributed by atoms with E-state index in [1.165, 1.54) is 0 Å². The van der Waals surface area contributed by atoms with Crippen molar-refractivity contribution >= 4 is 17.5 Å². The van der Waals surface area contributed by atoms with Crippen LogP contribution in [0.25, 0.3) is 0 Å². The Hall–Kier alpha value is -1.17. The Kier molecular flexibility index (Phi) is 5.53. The van der Waals surface area contributed by atoms with E-state index in [4.69, 9.17) is 16.3 Å². The average molecular weight is 273 g/mol. The van der Waals surface area contributed by atoms with Gasteiger partial charge in [0.05, 0.1) is 5.60 Å². The number of nitrogens with zero attached hydrogens (tertiary/aromatic N) is 1. The number of rotatable bonds is 6. The molecule has 1 aromatic heterocycles. The Labute approximate surface area is 111 Å². The minimum Gasteiger partial charge on any atom is -0.388 e. The third-order valence-electron chi connectivity index (χ3n) is 2.42. The molecular formula is C12H17ClN2O3. The number of halogens is 1. The van der Waals surface area contributed by atoms with Crippen molar-refractivity contribution in [2.24, 2.45) is 0 Å². The SMILES string of the molecule is COCCC(C)(O)CNC(=O)c1cccc(Cl)n1. The van der Waals surface area contributed by atoms with Crippen molar-refractivity contribution in [1.29, 1.82) is 0 Å². The zero-order chi connectivity index (χ0) is 13.6. The summed E-state index contributed by atoms with van der Waals surface area (Å²) in [5.41, 5.74) is -0.783. The van der Waals surface area contributed by atoms with Gasteiger partial charge in [0.25, 0.3) is 5.91 Å². The third kappa shape index (κ3) is 5.00. The van der Waals surface area contributed by atoms with Crippen molar-refractivity contribution in [3.63, 3.8) is 0 Å². The first-order chi connectivity index (χ1) is 8.44. The van der Waals surface area contributed by atoms with Crippen LogP contribution in [0.3, 0.4) is 0 Å². The molecule has 1 aromatic rings. The lowest BCUT2D eigenvalue weighted by molar-refractivity contribution is 0.0243. The van der Waals surface area contributed by atoms with Crippen molar-refractivity contribution in [2.75, 3.05) is 20.3 Å². The predicted molar refractivity (Wildman–Crippen MR) is 68.7 cm³/mol. The van der Waals surface area contributed by atoms with E-state index in [2.05, 4.69) is 10.3 Å². The summed E-state index contributed by atoms with van der Waals surface area (Å²) in [4.78, 5) is 15.6. The summed E-state index contributed by atoms with van der Waals surface area (Å²) >= 11 is 5.69. The summed E-state index contributed by atoms with van der Waals surface area (Å²) in [7, 11) is 1.56. The monoisotopic (exact) mass is 272 g/mol. The Morgan fingerprint density at radius 3 is 2.94 bits per heavy atom. The quantitative estimate of drug-likeness (QED) is 0.765. The molecule has 18 heavy (non-hydrogen) atoms. The number of carbonyl (C=O) groups excluding carboxylic acids is 1. The van der Waals surface area contributed by atoms with Gasteiger partial charge in [-0.15, -0.1) is 0 Å². The molecule has 6 heteroatoms. The highest BCUT2D eigenvalue weighted by Crippen LogP contribution is 2.09. The average Bonchev–Trinajstić information content (AvgIpc) is 2.34. The number of aliphatic hydroxyl groups is 1. The molecule has 0 saturated carbocycles. The van der Waals surface area contributed by atoms with Crippen LogP contribution in [0.2, 0.25) is 5.15 Å². The summed E-state index contributed by atoms with van der Waals surface area (Å²) < 4.78 is 4.88. The molecule has 1 heterocycles. The smallest absolute Gasteiger partial charge is 0.270 e. The summed E-state index contributed by atoms with van der Waals surface area (Å²) in [5.74, 6) is -0.366. The zero-order valence-corrected chi connectivity index (χ0v) is 11.2. The van der Waals surface area contributed by atoms with E-state index in [-0.39, 0.29) is 23.3 Å². The molecule has 0 spiro atoms. The molecule has 2 N–H and O–H groups in total. The standard InChI is InChI=1S/C12H17ClN2O3/c1-12(17,6-7-18-2)8-14-11(16)9-4-3-5-10(13)15-9/h3-5,17H,6-8H2,1-2H3,(H,14,16). The normalized spacial score (nSPS) is 14.0. The second-order valence-electron chi connectivity index (χ2n) is 4.27. The van der Waals surface area contributed by atoms with Crippen LogP contribution in [0.5, 0.6) is 0 Å². The van der Waals surface area contributed by atoms with Crippen LogP contribution in [0.1, 0.15) is 23.8 Å². The number of methoxy groups -OCH3 is 1. The van der Waals surface area contributed by atoms with Crippen molar-refractivity contribution in [2.45, 2.75) is 18.9 Å². The summed E-state index contributed by atoms with van der Waals surface area (Å²) in [6.07, 6.45) is 0.437. The number of nitrogens with one attached hydrogen (secondary N) is 1. The minimum atomic E-state index is -1.01. The Morgan fingerprint density at radius 1 is 1.61 bits per heavy atom. The summed E-state index contributed by atoms with van der Waals surface area (Å²) in [6, 6.07) is 4.80.